The molecule has 1 saturated carbocycles. The van der Waals surface area contributed by atoms with Gasteiger partial charge < -0.3 is 4.74 Å². The van der Waals surface area contributed by atoms with E-state index in [-0.39, 0.29) is 27.4 Å². The molecule has 1 fully saturated rings. The molecule has 1 aromatic rings. The molecule has 92 valence electrons. The van der Waals surface area contributed by atoms with Crippen LogP contribution < -0.4 is 4.74 Å². The molecule has 0 N–H and O–H groups in total. The van der Waals surface area contributed by atoms with Crippen LogP contribution in [-0.2, 0) is 0 Å². The summed E-state index contributed by atoms with van der Waals surface area (Å²) in [6.07, 6.45) is 1.07. The van der Waals surface area contributed by atoms with Crippen LogP contribution in [0.15, 0.2) is 16.6 Å². The third kappa shape index (κ3) is 2.69. The molecule has 0 heterocycles. The number of hydrogen-bond donors (Lipinski definition) is 0. The zero-order valence-corrected chi connectivity index (χ0v) is 10.9. The molecule has 1 aromatic carbocycles. The zero-order chi connectivity index (χ0) is 12.6. The van der Waals surface area contributed by atoms with Crippen molar-refractivity contribution in [3.63, 3.8) is 0 Å². The van der Waals surface area contributed by atoms with Crippen LogP contribution in [0.2, 0.25) is 0 Å². The van der Waals surface area contributed by atoms with Crippen LogP contribution in [0.3, 0.4) is 0 Å². The highest BCUT2D eigenvalue weighted by atomic mass is 79.9. The molecule has 1 aliphatic rings. The van der Waals surface area contributed by atoms with Gasteiger partial charge in [-0.25, -0.2) is 4.39 Å². The smallest absolute Gasteiger partial charge is 0.312 e. The maximum atomic E-state index is 13.3. The molecule has 0 amide bonds. The third-order valence-corrected chi connectivity index (χ3v) is 3.49. The van der Waals surface area contributed by atoms with Crippen molar-refractivity contribution >= 4 is 33.2 Å². The van der Waals surface area contributed by atoms with Crippen LogP contribution in [-0.4, -0.2) is 16.4 Å². The van der Waals surface area contributed by atoms with Gasteiger partial charge in [-0.3, -0.25) is 10.1 Å². The van der Waals surface area contributed by atoms with E-state index < -0.39 is 10.7 Å². The predicted molar refractivity (Wildman–Crippen MR) is 64.0 cm³/mol. The Kier molecular flexibility index (Phi) is 3.53. The van der Waals surface area contributed by atoms with Gasteiger partial charge in [0.25, 0.3) is 0 Å². The summed E-state index contributed by atoms with van der Waals surface area (Å²) in [6.45, 7) is 0. The van der Waals surface area contributed by atoms with Crippen LogP contribution in [0, 0.1) is 15.9 Å². The summed E-state index contributed by atoms with van der Waals surface area (Å²) in [5.41, 5.74) is -0.253. The average Bonchev–Trinajstić information content (AvgIpc) is 2.20. The molecule has 17 heavy (non-hydrogen) atoms. The van der Waals surface area contributed by atoms with E-state index in [4.69, 9.17) is 16.3 Å². The van der Waals surface area contributed by atoms with E-state index in [0.29, 0.717) is 12.8 Å². The van der Waals surface area contributed by atoms with Gasteiger partial charge in [0.05, 0.1) is 9.40 Å². The van der Waals surface area contributed by atoms with Crippen molar-refractivity contribution in [3.8, 4) is 5.75 Å². The number of alkyl halides is 1. The minimum Gasteiger partial charge on any atom is -0.483 e. The van der Waals surface area contributed by atoms with Crippen molar-refractivity contribution in [2.45, 2.75) is 24.3 Å². The Bertz CT molecular complexity index is 465. The fourth-order valence-corrected chi connectivity index (χ4v) is 2.26. The standard InChI is InChI=1S/C10H8BrClFNO3/c11-7-3-9(14(15)16)10(4-8(7)13)17-6-1-5(12)2-6/h3-6H,1-2H2. The lowest BCUT2D eigenvalue weighted by Gasteiger charge is -2.30. The summed E-state index contributed by atoms with van der Waals surface area (Å²) in [6, 6.07) is 2.12. The van der Waals surface area contributed by atoms with Gasteiger partial charge in [0, 0.05) is 30.4 Å². The highest BCUT2D eigenvalue weighted by Crippen LogP contribution is 2.36. The molecule has 2 rings (SSSR count). The lowest BCUT2D eigenvalue weighted by atomic mass is 9.95. The van der Waals surface area contributed by atoms with Crippen molar-refractivity contribution < 1.29 is 14.1 Å². The molecule has 7 heteroatoms. The molecule has 0 spiro atoms. The van der Waals surface area contributed by atoms with E-state index in [1.54, 1.807) is 0 Å². The second kappa shape index (κ2) is 4.78. The first-order valence-corrected chi connectivity index (χ1v) is 6.14. The summed E-state index contributed by atoms with van der Waals surface area (Å²) in [7, 11) is 0. The maximum Gasteiger partial charge on any atom is 0.312 e. The monoisotopic (exact) mass is 323 g/mol. The van der Waals surface area contributed by atoms with Gasteiger partial charge in [0.1, 0.15) is 11.9 Å². The van der Waals surface area contributed by atoms with Crippen molar-refractivity contribution in [2.24, 2.45) is 0 Å². The Morgan fingerprint density at radius 1 is 1.53 bits per heavy atom. The highest BCUT2D eigenvalue weighted by molar-refractivity contribution is 9.10. The van der Waals surface area contributed by atoms with Gasteiger partial charge in [-0.2, -0.15) is 0 Å². The van der Waals surface area contributed by atoms with Crippen molar-refractivity contribution in [3.05, 3.63) is 32.5 Å². The minimum atomic E-state index is -0.601. The van der Waals surface area contributed by atoms with Crippen LogP contribution in [0.1, 0.15) is 12.8 Å². The van der Waals surface area contributed by atoms with E-state index in [1.165, 1.54) is 0 Å². The summed E-state index contributed by atoms with van der Waals surface area (Å²) >= 11 is 8.67. The lowest BCUT2D eigenvalue weighted by molar-refractivity contribution is -0.386. The number of ether oxygens (including phenoxy) is 1. The van der Waals surface area contributed by atoms with Gasteiger partial charge in [0.2, 0.25) is 0 Å². The van der Waals surface area contributed by atoms with E-state index in [2.05, 4.69) is 15.9 Å². The molecule has 0 aliphatic heterocycles. The fourth-order valence-electron chi connectivity index (χ4n) is 1.53. The summed E-state index contributed by atoms with van der Waals surface area (Å²) < 4.78 is 18.7. The fraction of sp³-hybridized carbons (Fsp3) is 0.400. The number of rotatable bonds is 3. The molecule has 0 radical (unpaired) electrons. The van der Waals surface area contributed by atoms with Gasteiger partial charge in [-0.05, 0) is 15.9 Å². The second-order valence-electron chi connectivity index (χ2n) is 3.80. The number of hydrogen-bond acceptors (Lipinski definition) is 3. The zero-order valence-electron chi connectivity index (χ0n) is 8.53. The molecule has 0 unspecified atom stereocenters. The highest BCUT2D eigenvalue weighted by Gasteiger charge is 2.31. The first-order chi connectivity index (χ1) is 7.97. The molecule has 0 bridgehead atoms. The van der Waals surface area contributed by atoms with E-state index >= 15 is 0 Å². The number of nitro groups is 1. The Balaban J connectivity index is 2.25. The molecular weight excluding hydrogens is 316 g/mol. The lowest BCUT2D eigenvalue weighted by Crippen LogP contribution is -2.34. The van der Waals surface area contributed by atoms with Crippen molar-refractivity contribution in [1.82, 2.24) is 0 Å². The second-order valence-corrected chi connectivity index (χ2v) is 5.27. The number of nitro benzene ring substituents is 1. The normalized spacial score (nSPS) is 23.0. The van der Waals surface area contributed by atoms with Crippen LogP contribution >= 0.6 is 27.5 Å². The summed E-state index contributed by atoms with van der Waals surface area (Å²) in [5, 5.41) is 10.8. The Morgan fingerprint density at radius 3 is 2.71 bits per heavy atom. The quantitative estimate of drug-likeness (QED) is 0.484. The first kappa shape index (κ1) is 12.6. The van der Waals surface area contributed by atoms with Crippen LogP contribution in [0.25, 0.3) is 0 Å². The predicted octanol–water partition coefficient (Wildman–Crippen LogP) is 3.65. The Labute approximate surface area is 110 Å². The summed E-state index contributed by atoms with van der Waals surface area (Å²) in [5.74, 6) is -0.642. The molecule has 4 nitrogen and oxygen atoms in total. The molecule has 0 saturated heterocycles. The first-order valence-electron chi connectivity index (χ1n) is 4.91. The Morgan fingerprint density at radius 2 is 2.18 bits per heavy atom. The van der Waals surface area contributed by atoms with Crippen molar-refractivity contribution in [2.75, 3.05) is 0 Å². The molecule has 0 aromatic heterocycles. The topological polar surface area (TPSA) is 52.4 Å². The number of benzene rings is 1. The van der Waals surface area contributed by atoms with Gasteiger partial charge >= 0.3 is 5.69 Å². The SMILES string of the molecule is O=[N+]([O-])c1cc(Br)c(F)cc1OC1CC(Cl)C1. The van der Waals surface area contributed by atoms with Crippen LogP contribution in [0.5, 0.6) is 5.75 Å². The minimum absolute atomic E-state index is 0.0411. The average molecular weight is 325 g/mol. The van der Waals surface area contributed by atoms with E-state index in [9.17, 15) is 14.5 Å². The molecule has 1 aliphatic carbocycles. The number of halogens is 3. The van der Waals surface area contributed by atoms with E-state index in [0.717, 1.165) is 12.1 Å². The van der Waals surface area contributed by atoms with Crippen LogP contribution in [0.4, 0.5) is 10.1 Å². The number of nitrogens with zero attached hydrogens (tertiary/aromatic N) is 1. The third-order valence-electron chi connectivity index (χ3n) is 2.53. The largest absolute Gasteiger partial charge is 0.483 e. The Hall–Kier alpha value is -0.880. The molecule has 0 atom stereocenters. The van der Waals surface area contributed by atoms with E-state index in [1.807, 2.05) is 0 Å². The molecular formula is C10H8BrClFNO3. The van der Waals surface area contributed by atoms with Crippen molar-refractivity contribution in [1.29, 1.82) is 0 Å². The van der Waals surface area contributed by atoms with Gasteiger partial charge in [-0.1, -0.05) is 0 Å². The maximum absolute atomic E-state index is 13.3. The van der Waals surface area contributed by atoms with Gasteiger partial charge in [-0.15, -0.1) is 11.6 Å². The summed E-state index contributed by atoms with van der Waals surface area (Å²) in [4.78, 5) is 10.2. The van der Waals surface area contributed by atoms with Gasteiger partial charge in [0.15, 0.2) is 5.75 Å².